The maximum Gasteiger partial charge on any atom is 0.280 e. The van der Waals surface area contributed by atoms with Crippen LogP contribution < -0.4 is 5.73 Å². The first kappa shape index (κ1) is 12.1. The highest BCUT2D eigenvalue weighted by atomic mass is 35.7. The number of hydrogen-bond donors (Lipinski definition) is 1. The van der Waals surface area contributed by atoms with Crippen LogP contribution in [-0.2, 0) is 9.05 Å². The Morgan fingerprint density at radius 2 is 2.00 bits per heavy atom. The molecule has 15 heavy (non-hydrogen) atoms. The number of pyridine rings is 1. The molecule has 9 heteroatoms. The molecule has 0 amide bonds. The molecule has 1 aromatic rings. The number of aromatic nitrogens is 1. The van der Waals surface area contributed by atoms with E-state index in [4.69, 9.17) is 16.4 Å². The van der Waals surface area contributed by atoms with Gasteiger partial charge in [-0.15, -0.1) is 0 Å². The van der Waals surface area contributed by atoms with Gasteiger partial charge >= 0.3 is 0 Å². The summed E-state index contributed by atoms with van der Waals surface area (Å²) in [5, 5.41) is 0. The molecule has 0 aromatic carbocycles. The van der Waals surface area contributed by atoms with Crippen LogP contribution in [0.5, 0.6) is 0 Å². The van der Waals surface area contributed by atoms with E-state index >= 15 is 0 Å². The number of hydrogen-bond acceptors (Lipinski definition) is 4. The van der Waals surface area contributed by atoms with Gasteiger partial charge in [0.25, 0.3) is 15.5 Å². The van der Waals surface area contributed by atoms with Gasteiger partial charge in [0.2, 0.25) is 5.95 Å². The number of nitrogens with zero attached hydrogens (tertiary/aromatic N) is 1. The molecule has 1 rings (SSSR count). The van der Waals surface area contributed by atoms with Crippen LogP contribution in [0.2, 0.25) is 0 Å². The maximum atomic E-state index is 12.8. The zero-order chi connectivity index (χ0) is 11.8. The topological polar surface area (TPSA) is 73.1 Å². The lowest BCUT2D eigenvalue weighted by Crippen LogP contribution is -2.06. The van der Waals surface area contributed by atoms with Gasteiger partial charge in [0.1, 0.15) is 16.3 Å². The van der Waals surface area contributed by atoms with Crippen LogP contribution in [-0.4, -0.2) is 13.4 Å². The van der Waals surface area contributed by atoms with Crippen molar-refractivity contribution in [3.8, 4) is 0 Å². The molecule has 4 nitrogen and oxygen atoms in total. The number of halogens is 4. The molecule has 0 spiro atoms. The highest BCUT2D eigenvalue weighted by Gasteiger charge is 2.22. The molecule has 0 saturated heterocycles. The van der Waals surface area contributed by atoms with E-state index in [1.807, 2.05) is 0 Å². The first-order valence-electron chi connectivity index (χ1n) is 3.42. The second-order valence-corrected chi connectivity index (χ2v) is 5.02. The standard InChI is InChI=1S/C6H4ClF3N2O2S/c7-15(13,14)3-1-2(5(8)9)12-6(10)4(3)11/h1,5H,11H2. The van der Waals surface area contributed by atoms with Crippen LogP contribution in [0.25, 0.3) is 0 Å². The minimum absolute atomic E-state index is 0.436. The second-order valence-electron chi connectivity index (χ2n) is 2.49. The van der Waals surface area contributed by atoms with Gasteiger partial charge in [0, 0.05) is 10.7 Å². The Balaban J connectivity index is 3.52. The Morgan fingerprint density at radius 3 is 2.40 bits per heavy atom. The fourth-order valence-electron chi connectivity index (χ4n) is 0.833. The van der Waals surface area contributed by atoms with Crippen molar-refractivity contribution in [2.45, 2.75) is 11.3 Å². The second kappa shape index (κ2) is 3.86. The summed E-state index contributed by atoms with van der Waals surface area (Å²) < 4.78 is 58.8. The van der Waals surface area contributed by atoms with Gasteiger partial charge in [-0.2, -0.15) is 4.39 Å². The van der Waals surface area contributed by atoms with Gasteiger partial charge in [-0.1, -0.05) is 0 Å². The monoisotopic (exact) mass is 260 g/mol. The Hall–Kier alpha value is -1.02. The molecular weight excluding hydrogens is 257 g/mol. The fourth-order valence-corrected chi connectivity index (χ4v) is 1.82. The van der Waals surface area contributed by atoms with Gasteiger partial charge in [-0.3, -0.25) is 0 Å². The van der Waals surface area contributed by atoms with Crippen molar-refractivity contribution >= 4 is 25.4 Å². The fraction of sp³-hybridized carbons (Fsp3) is 0.167. The third-order valence-corrected chi connectivity index (χ3v) is 2.84. The molecule has 0 bridgehead atoms. The van der Waals surface area contributed by atoms with E-state index in [1.165, 1.54) is 0 Å². The van der Waals surface area contributed by atoms with Gasteiger partial charge in [-0.05, 0) is 6.07 Å². The molecule has 0 aliphatic heterocycles. The summed E-state index contributed by atoms with van der Waals surface area (Å²) in [6.45, 7) is 0. The summed E-state index contributed by atoms with van der Waals surface area (Å²) >= 11 is 0. The summed E-state index contributed by atoms with van der Waals surface area (Å²) in [4.78, 5) is 1.87. The smallest absolute Gasteiger partial charge is 0.280 e. The van der Waals surface area contributed by atoms with E-state index in [0.717, 1.165) is 0 Å². The Labute approximate surface area is 87.3 Å². The van der Waals surface area contributed by atoms with Gasteiger partial charge in [-0.25, -0.2) is 22.2 Å². The molecule has 0 unspecified atom stereocenters. The van der Waals surface area contributed by atoms with Crippen molar-refractivity contribution in [1.29, 1.82) is 0 Å². The predicted octanol–water partition coefficient (Wildman–Crippen LogP) is 1.67. The van der Waals surface area contributed by atoms with Crippen molar-refractivity contribution < 1.29 is 21.6 Å². The highest BCUT2D eigenvalue weighted by molar-refractivity contribution is 8.13. The van der Waals surface area contributed by atoms with Gasteiger partial charge in [0.05, 0.1) is 0 Å². The highest BCUT2D eigenvalue weighted by Crippen LogP contribution is 2.28. The first-order chi connectivity index (χ1) is 6.73. The minimum Gasteiger partial charge on any atom is -0.394 e. The van der Waals surface area contributed by atoms with Crippen LogP contribution in [0.4, 0.5) is 18.9 Å². The van der Waals surface area contributed by atoms with E-state index in [2.05, 4.69) is 4.98 Å². The molecular formula is C6H4ClF3N2O2S. The Bertz CT molecular complexity index is 491. The number of nitrogens with two attached hydrogens (primary N) is 1. The zero-order valence-corrected chi connectivity index (χ0v) is 8.49. The van der Waals surface area contributed by atoms with Crippen LogP contribution in [0.15, 0.2) is 11.0 Å². The lowest BCUT2D eigenvalue weighted by atomic mass is 10.3. The summed E-state index contributed by atoms with van der Waals surface area (Å²) in [7, 11) is 0.487. The van der Waals surface area contributed by atoms with E-state index < -0.39 is 37.7 Å². The van der Waals surface area contributed by atoms with E-state index in [1.54, 1.807) is 0 Å². The summed E-state index contributed by atoms with van der Waals surface area (Å²) in [5.74, 6) is -1.49. The Kier molecular flexibility index (Phi) is 3.10. The lowest BCUT2D eigenvalue weighted by Gasteiger charge is -2.05. The first-order valence-corrected chi connectivity index (χ1v) is 5.73. The van der Waals surface area contributed by atoms with Crippen LogP contribution in [0.1, 0.15) is 12.1 Å². The minimum atomic E-state index is -4.38. The van der Waals surface area contributed by atoms with Gasteiger partial charge in [0.15, 0.2) is 0 Å². The average molecular weight is 261 g/mol. The molecule has 2 N–H and O–H groups in total. The van der Waals surface area contributed by atoms with Crippen molar-refractivity contribution in [1.82, 2.24) is 4.98 Å². The van der Waals surface area contributed by atoms with E-state index in [-0.39, 0.29) is 0 Å². The Morgan fingerprint density at radius 1 is 1.47 bits per heavy atom. The van der Waals surface area contributed by atoms with Crippen LogP contribution >= 0.6 is 10.7 Å². The predicted molar refractivity (Wildman–Crippen MR) is 46.6 cm³/mol. The number of alkyl halides is 2. The van der Waals surface area contributed by atoms with Crippen molar-refractivity contribution in [3.63, 3.8) is 0 Å². The molecule has 84 valence electrons. The quantitative estimate of drug-likeness (QED) is 0.648. The molecule has 0 aliphatic carbocycles. The molecule has 1 aromatic heterocycles. The van der Waals surface area contributed by atoms with Crippen molar-refractivity contribution in [2.75, 3.05) is 5.73 Å². The van der Waals surface area contributed by atoms with Crippen LogP contribution in [0, 0.1) is 5.95 Å². The summed E-state index contributed by atoms with van der Waals surface area (Å²) in [6.07, 6.45) is -3.11. The molecule has 0 saturated carbocycles. The summed E-state index contributed by atoms with van der Waals surface area (Å²) in [6, 6.07) is 0.436. The van der Waals surface area contributed by atoms with Crippen LogP contribution in [0.3, 0.4) is 0 Å². The number of anilines is 1. The average Bonchev–Trinajstić information content (AvgIpc) is 2.06. The third kappa shape index (κ3) is 2.51. The third-order valence-electron chi connectivity index (χ3n) is 1.48. The largest absolute Gasteiger partial charge is 0.394 e. The lowest BCUT2D eigenvalue weighted by molar-refractivity contribution is 0.144. The van der Waals surface area contributed by atoms with Crippen molar-refractivity contribution in [3.05, 3.63) is 17.7 Å². The molecule has 1 heterocycles. The zero-order valence-electron chi connectivity index (χ0n) is 6.92. The maximum absolute atomic E-state index is 12.8. The molecule has 0 atom stereocenters. The molecule has 0 fully saturated rings. The number of nitrogen functional groups attached to an aromatic ring is 1. The number of rotatable bonds is 2. The van der Waals surface area contributed by atoms with Crippen molar-refractivity contribution in [2.24, 2.45) is 0 Å². The summed E-state index contributed by atoms with van der Waals surface area (Å²) in [5.41, 5.74) is 3.07. The van der Waals surface area contributed by atoms with E-state index in [0.29, 0.717) is 6.07 Å². The van der Waals surface area contributed by atoms with Gasteiger partial charge < -0.3 is 5.73 Å². The molecule has 0 aliphatic rings. The molecule has 0 radical (unpaired) electrons. The SMILES string of the molecule is Nc1c(S(=O)(=O)Cl)cc(C(F)F)nc1F. The normalized spacial score (nSPS) is 12.1. The van der Waals surface area contributed by atoms with E-state index in [9.17, 15) is 21.6 Å².